The lowest BCUT2D eigenvalue weighted by Crippen LogP contribution is -2.17. The average molecular weight is 234 g/mol. The lowest BCUT2D eigenvalue weighted by atomic mass is 9.78. The summed E-state index contributed by atoms with van der Waals surface area (Å²) < 4.78 is 0. The van der Waals surface area contributed by atoms with Gasteiger partial charge in [-0.1, -0.05) is 27.7 Å². The molecule has 1 aromatic carbocycles. The van der Waals surface area contributed by atoms with Gasteiger partial charge >= 0.3 is 0 Å². The number of carbonyl (C=O) groups is 1. The summed E-state index contributed by atoms with van der Waals surface area (Å²) in [6, 6.07) is 5.02. The Morgan fingerprint density at radius 1 is 1.35 bits per heavy atom. The predicted molar refractivity (Wildman–Crippen MR) is 70.4 cm³/mol. The topological polar surface area (TPSA) is 37.3 Å². The first-order valence-electron chi connectivity index (χ1n) is 6.11. The van der Waals surface area contributed by atoms with E-state index in [1.807, 2.05) is 0 Å². The van der Waals surface area contributed by atoms with Gasteiger partial charge in [0, 0.05) is 5.56 Å². The first-order chi connectivity index (χ1) is 7.84. The molecule has 0 spiro atoms. The molecule has 17 heavy (non-hydrogen) atoms. The molecule has 0 bridgehead atoms. The van der Waals surface area contributed by atoms with Crippen LogP contribution in [0.15, 0.2) is 18.2 Å². The van der Waals surface area contributed by atoms with E-state index in [-0.39, 0.29) is 11.2 Å². The average Bonchev–Trinajstić information content (AvgIpc) is 2.19. The minimum Gasteiger partial charge on any atom is -0.508 e. The van der Waals surface area contributed by atoms with Crippen molar-refractivity contribution in [2.45, 2.75) is 40.5 Å². The largest absolute Gasteiger partial charge is 0.508 e. The summed E-state index contributed by atoms with van der Waals surface area (Å²) >= 11 is 0. The predicted octanol–water partition coefficient (Wildman–Crippen LogP) is 3.82. The number of aromatic hydroxyl groups is 1. The van der Waals surface area contributed by atoms with E-state index in [0.717, 1.165) is 24.7 Å². The van der Waals surface area contributed by atoms with E-state index >= 15 is 0 Å². The minimum absolute atomic E-state index is 0.132. The number of phenolic OH excluding ortho intramolecular Hbond substituents is 1. The summed E-state index contributed by atoms with van der Waals surface area (Å²) in [7, 11) is 0. The highest BCUT2D eigenvalue weighted by atomic mass is 16.3. The van der Waals surface area contributed by atoms with Gasteiger partial charge in [-0.05, 0) is 47.9 Å². The van der Waals surface area contributed by atoms with E-state index in [1.54, 1.807) is 18.2 Å². The summed E-state index contributed by atoms with van der Waals surface area (Å²) in [4.78, 5) is 10.7. The molecule has 2 nitrogen and oxygen atoms in total. The number of carbonyl (C=O) groups excluding carboxylic acids is 1. The molecule has 0 aliphatic rings. The molecule has 0 saturated heterocycles. The molecular weight excluding hydrogens is 212 g/mol. The Labute approximate surface area is 104 Å². The Hall–Kier alpha value is -1.31. The Morgan fingerprint density at radius 3 is 2.53 bits per heavy atom. The van der Waals surface area contributed by atoms with Crippen molar-refractivity contribution in [2.24, 2.45) is 11.3 Å². The highest BCUT2D eigenvalue weighted by molar-refractivity contribution is 5.75. The molecule has 0 aromatic heterocycles. The van der Waals surface area contributed by atoms with E-state index in [2.05, 4.69) is 27.7 Å². The zero-order valence-electron chi connectivity index (χ0n) is 11.2. The molecule has 0 fully saturated rings. The lowest BCUT2D eigenvalue weighted by Gasteiger charge is -2.27. The molecular formula is C15H22O2. The number of phenols is 1. The van der Waals surface area contributed by atoms with Crippen LogP contribution in [0, 0.1) is 11.3 Å². The van der Waals surface area contributed by atoms with Crippen molar-refractivity contribution in [1.82, 2.24) is 0 Å². The number of aldehydes is 1. The van der Waals surface area contributed by atoms with Crippen LogP contribution in [0.2, 0.25) is 0 Å². The Morgan fingerprint density at radius 2 is 2.00 bits per heavy atom. The van der Waals surface area contributed by atoms with Crippen molar-refractivity contribution < 1.29 is 9.90 Å². The van der Waals surface area contributed by atoms with Crippen LogP contribution >= 0.6 is 0 Å². The van der Waals surface area contributed by atoms with Crippen molar-refractivity contribution in [3.63, 3.8) is 0 Å². The van der Waals surface area contributed by atoms with Crippen LogP contribution in [0.1, 0.15) is 50.0 Å². The van der Waals surface area contributed by atoms with Gasteiger partial charge in [0.05, 0.1) is 0 Å². The maximum atomic E-state index is 10.7. The van der Waals surface area contributed by atoms with Gasteiger partial charge in [0.2, 0.25) is 0 Å². The summed E-state index contributed by atoms with van der Waals surface area (Å²) in [5.41, 5.74) is 1.62. The molecule has 0 aliphatic heterocycles. The number of hydrogen-bond donors (Lipinski definition) is 1. The van der Waals surface area contributed by atoms with Gasteiger partial charge in [-0.15, -0.1) is 0 Å². The third kappa shape index (κ3) is 4.22. The van der Waals surface area contributed by atoms with Crippen molar-refractivity contribution in [1.29, 1.82) is 0 Å². The van der Waals surface area contributed by atoms with Crippen LogP contribution in [0.5, 0.6) is 5.75 Å². The van der Waals surface area contributed by atoms with Crippen molar-refractivity contribution in [3.8, 4) is 5.75 Å². The third-order valence-electron chi connectivity index (χ3n) is 2.87. The van der Waals surface area contributed by atoms with Gasteiger partial charge in [0.1, 0.15) is 12.0 Å². The second-order valence-corrected chi connectivity index (χ2v) is 5.94. The highest BCUT2D eigenvalue weighted by Crippen LogP contribution is 2.32. The van der Waals surface area contributed by atoms with E-state index < -0.39 is 0 Å². The molecule has 0 atom stereocenters. The normalized spacial score (nSPS) is 11.8. The van der Waals surface area contributed by atoms with Crippen molar-refractivity contribution in [3.05, 3.63) is 29.3 Å². The number of rotatable bonds is 5. The van der Waals surface area contributed by atoms with Gasteiger partial charge in [0.25, 0.3) is 0 Å². The van der Waals surface area contributed by atoms with E-state index in [1.165, 1.54) is 0 Å². The van der Waals surface area contributed by atoms with Crippen LogP contribution in [0.25, 0.3) is 0 Å². The van der Waals surface area contributed by atoms with Gasteiger partial charge in [0.15, 0.2) is 0 Å². The minimum atomic E-state index is 0.132. The molecule has 94 valence electrons. The molecule has 0 saturated carbocycles. The molecule has 1 N–H and O–H groups in total. The standard InChI is InChI=1S/C15H22O2/c1-11(2)8-15(3,4)9-13-7-12(10-16)5-6-14(13)17/h5-7,10-11,17H,8-9H2,1-4H3. The molecule has 0 radical (unpaired) electrons. The van der Waals surface area contributed by atoms with E-state index in [0.29, 0.717) is 11.5 Å². The van der Waals surface area contributed by atoms with Crippen LogP contribution in [0.3, 0.4) is 0 Å². The SMILES string of the molecule is CC(C)CC(C)(C)Cc1cc(C=O)ccc1O. The second-order valence-electron chi connectivity index (χ2n) is 5.94. The van der Waals surface area contributed by atoms with Crippen LogP contribution in [-0.2, 0) is 6.42 Å². The smallest absolute Gasteiger partial charge is 0.150 e. The Balaban J connectivity index is 2.89. The van der Waals surface area contributed by atoms with Crippen molar-refractivity contribution in [2.75, 3.05) is 0 Å². The molecule has 0 unspecified atom stereocenters. The number of hydrogen-bond acceptors (Lipinski definition) is 2. The van der Waals surface area contributed by atoms with Gasteiger partial charge < -0.3 is 5.11 Å². The molecule has 0 amide bonds. The highest BCUT2D eigenvalue weighted by Gasteiger charge is 2.21. The third-order valence-corrected chi connectivity index (χ3v) is 2.87. The molecule has 1 rings (SSSR count). The lowest BCUT2D eigenvalue weighted by molar-refractivity contribution is 0.112. The molecule has 0 heterocycles. The van der Waals surface area contributed by atoms with Gasteiger partial charge in [-0.25, -0.2) is 0 Å². The van der Waals surface area contributed by atoms with Crippen molar-refractivity contribution >= 4 is 6.29 Å². The zero-order chi connectivity index (χ0) is 13.1. The Bertz CT molecular complexity index is 392. The van der Waals surface area contributed by atoms with Gasteiger partial charge in [-0.3, -0.25) is 4.79 Å². The molecule has 2 heteroatoms. The Kier molecular flexibility index (Phi) is 4.33. The van der Waals surface area contributed by atoms with Crippen LogP contribution < -0.4 is 0 Å². The zero-order valence-corrected chi connectivity index (χ0v) is 11.2. The fraction of sp³-hybridized carbons (Fsp3) is 0.533. The summed E-state index contributed by atoms with van der Waals surface area (Å²) in [6.45, 7) is 8.78. The summed E-state index contributed by atoms with van der Waals surface area (Å²) in [6.07, 6.45) is 2.70. The maximum Gasteiger partial charge on any atom is 0.150 e. The van der Waals surface area contributed by atoms with Crippen LogP contribution in [-0.4, -0.2) is 11.4 Å². The monoisotopic (exact) mass is 234 g/mol. The van der Waals surface area contributed by atoms with E-state index in [9.17, 15) is 9.90 Å². The second kappa shape index (κ2) is 5.35. The summed E-state index contributed by atoms with van der Waals surface area (Å²) in [5.74, 6) is 0.911. The first kappa shape index (κ1) is 13.8. The fourth-order valence-electron chi connectivity index (χ4n) is 2.51. The van der Waals surface area contributed by atoms with Crippen LogP contribution in [0.4, 0.5) is 0 Å². The fourth-order valence-corrected chi connectivity index (χ4v) is 2.51. The summed E-state index contributed by atoms with van der Waals surface area (Å²) in [5, 5.41) is 9.81. The number of benzene rings is 1. The van der Waals surface area contributed by atoms with Gasteiger partial charge in [-0.2, -0.15) is 0 Å². The first-order valence-corrected chi connectivity index (χ1v) is 6.11. The molecule has 0 aliphatic carbocycles. The maximum absolute atomic E-state index is 10.7. The quantitative estimate of drug-likeness (QED) is 0.786. The molecule has 1 aromatic rings. The van der Waals surface area contributed by atoms with E-state index in [4.69, 9.17) is 0 Å².